The van der Waals surface area contributed by atoms with Crippen molar-refractivity contribution in [3.63, 3.8) is 0 Å². The molecule has 0 aromatic heterocycles. The minimum absolute atomic E-state index is 0.227. The first-order valence-corrected chi connectivity index (χ1v) is 9.50. The zero-order chi connectivity index (χ0) is 26.0. The molecule has 1 unspecified atom stereocenters. The van der Waals surface area contributed by atoms with Gasteiger partial charge in [0.05, 0.1) is 0 Å². The molecule has 11 heteroatoms. The molecule has 5 atom stereocenters. The summed E-state index contributed by atoms with van der Waals surface area (Å²) in [5, 5.41) is 0. The minimum atomic E-state index is -1.61. The average Bonchev–Trinajstić information content (AvgIpc) is 2.85. The Labute approximate surface area is 192 Å². The maximum absolute atomic E-state index is 12.0. The Morgan fingerprint density at radius 3 is 2.16 bits per heavy atom. The molecule has 1 aromatic carbocycles. The van der Waals surface area contributed by atoms with Crippen molar-refractivity contribution in [1.82, 2.24) is 0 Å². The Morgan fingerprint density at radius 1 is 0.935 bits per heavy atom. The van der Waals surface area contributed by atoms with Crippen molar-refractivity contribution in [2.45, 2.75) is 58.3 Å². The second-order valence-electron chi connectivity index (χ2n) is 6.16. The molecule has 0 amide bonds. The van der Waals surface area contributed by atoms with E-state index in [0.717, 1.165) is 0 Å². The van der Waals surface area contributed by atoms with Gasteiger partial charge in [-0.25, -0.2) is 0 Å². The van der Waals surface area contributed by atoms with Gasteiger partial charge < -0.3 is 28.4 Å². The molecule has 1 saturated heterocycles. The molecule has 10 nitrogen and oxygen atoms in total. The standard InChI is InChI=1S/C20H23BrO10/c1-10(22)26-9-16-17(27-11(2)23)18(28-12(3)24)19(29-13(4)25)20(31-16)30-15-7-5-6-14(21)8-15/h5-8,16-20H,9H2,1-4H3/t16-,17-,18+,19+,20?/m1/s1/i1D,2D,3D,4D. The molecular weight excluding hydrogens is 480 g/mol. The Kier molecular flexibility index (Phi) is 6.82. The highest BCUT2D eigenvalue weighted by atomic mass is 79.9. The maximum atomic E-state index is 12.0. The van der Waals surface area contributed by atoms with Gasteiger partial charge in [0.25, 0.3) is 0 Å². The number of rotatable bonds is 7. The third kappa shape index (κ3) is 7.51. The fraction of sp³-hybridized carbons (Fsp3) is 0.500. The molecule has 31 heavy (non-hydrogen) atoms. The number of carbonyl (C=O) groups excluding carboxylic acids is 4. The second kappa shape index (κ2) is 11.1. The van der Waals surface area contributed by atoms with Crippen LogP contribution in [0, 0.1) is 0 Å². The van der Waals surface area contributed by atoms with Crippen LogP contribution >= 0.6 is 15.9 Å². The van der Waals surface area contributed by atoms with Crippen molar-refractivity contribution in [2.24, 2.45) is 0 Å². The molecule has 0 aliphatic carbocycles. The van der Waals surface area contributed by atoms with Gasteiger partial charge in [0.1, 0.15) is 18.5 Å². The van der Waals surface area contributed by atoms with E-state index in [0.29, 0.717) is 4.47 Å². The lowest BCUT2D eigenvalue weighted by Gasteiger charge is -2.43. The molecule has 1 heterocycles. The third-order valence-electron chi connectivity index (χ3n) is 3.85. The van der Waals surface area contributed by atoms with Crippen LogP contribution in [0.3, 0.4) is 0 Å². The van der Waals surface area contributed by atoms with Crippen LogP contribution in [0.2, 0.25) is 0 Å². The van der Waals surface area contributed by atoms with Gasteiger partial charge in [0.2, 0.25) is 12.4 Å². The van der Waals surface area contributed by atoms with E-state index in [2.05, 4.69) is 15.9 Å². The number of hydrogen-bond acceptors (Lipinski definition) is 10. The average molecular weight is 507 g/mol. The van der Waals surface area contributed by atoms with Crippen molar-refractivity contribution >= 4 is 39.8 Å². The third-order valence-corrected chi connectivity index (χ3v) is 4.34. The molecule has 0 bridgehead atoms. The van der Waals surface area contributed by atoms with Gasteiger partial charge in [-0.3, -0.25) is 19.2 Å². The molecule has 1 aromatic rings. The van der Waals surface area contributed by atoms with Gasteiger partial charge in [-0.15, -0.1) is 0 Å². The fourth-order valence-electron chi connectivity index (χ4n) is 2.81. The largest absolute Gasteiger partial charge is 0.463 e. The van der Waals surface area contributed by atoms with Crippen LogP contribution < -0.4 is 4.74 Å². The predicted octanol–water partition coefficient (Wildman–Crippen LogP) is 1.91. The van der Waals surface area contributed by atoms with Crippen molar-refractivity contribution in [1.29, 1.82) is 0 Å². The lowest BCUT2D eigenvalue weighted by molar-refractivity contribution is -0.288. The maximum Gasteiger partial charge on any atom is 0.303 e. The number of hydrogen-bond donors (Lipinski definition) is 0. The molecule has 1 aliphatic heterocycles. The van der Waals surface area contributed by atoms with Crippen molar-refractivity contribution in [2.75, 3.05) is 6.61 Å². The first-order valence-electron chi connectivity index (χ1n) is 11.5. The van der Waals surface area contributed by atoms with Crippen molar-refractivity contribution in [3.05, 3.63) is 28.7 Å². The monoisotopic (exact) mass is 506 g/mol. The van der Waals surface area contributed by atoms with E-state index < -0.39 is 88.8 Å². The highest BCUT2D eigenvalue weighted by Gasteiger charge is 2.53. The molecule has 1 aliphatic rings. The zero-order valence-corrected chi connectivity index (χ0v) is 17.8. The molecule has 170 valence electrons. The summed E-state index contributed by atoms with van der Waals surface area (Å²) in [6.07, 6.45) is -7.58. The zero-order valence-electron chi connectivity index (χ0n) is 20.2. The van der Waals surface area contributed by atoms with E-state index in [-0.39, 0.29) is 5.75 Å². The van der Waals surface area contributed by atoms with E-state index in [1.807, 2.05) is 0 Å². The molecule has 1 fully saturated rings. The van der Waals surface area contributed by atoms with Crippen LogP contribution in [0.5, 0.6) is 5.75 Å². The quantitative estimate of drug-likeness (QED) is 0.399. The normalized spacial score (nSPS) is 26.8. The van der Waals surface area contributed by atoms with Crippen molar-refractivity contribution in [3.8, 4) is 5.75 Å². The molecule has 2 rings (SSSR count). The Hall–Kier alpha value is -2.66. The molecule has 0 radical (unpaired) electrons. The summed E-state index contributed by atoms with van der Waals surface area (Å²) in [6.45, 7) is -3.72. The molecule has 0 saturated carbocycles. The van der Waals surface area contributed by atoms with Crippen LogP contribution in [0.4, 0.5) is 0 Å². The van der Waals surface area contributed by atoms with Crippen LogP contribution in [-0.2, 0) is 42.9 Å². The lowest BCUT2D eigenvalue weighted by atomic mass is 9.98. The van der Waals surface area contributed by atoms with Crippen molar-refractivity contribution < 1.29 is 53.1 Å². The summed E-state index contributed by atoms with van der Waals surface area (Å²) in [5.41, 5.74) is 0. The van der Waals surface area contributed by atoms with Gasteiger partial charge in [0, 0.05) is 37.6 Å². The lowest BCUT2D eigenvalue weighted by Crippen LogP contribution is -2.63. The van der Waals surface area contributed by atoms with Crippen LogP contribution in [0.15, 0.2) is 28.7 Å². The van der Waals surface area contributed by atoms with E-state index in [1.54, 1.807) is 24.3 Å². The summed E-state index contributed by atoms with van der Waals surface area (Å²) >= 11 is 3.28. The Morgan fingerprint density at radius 2 is 1.55 bits per heavy atom. The van der Waals surface area contributed by atoms with Gasteiger partial charge >= 0.3 is 23.9 Å². The molecule has 0 N–H and O–H groups in total. The van der Waals surface area contributed by atoms with E-state index in [9.17, 15) is 19.2 Å². The van der Waals surface area contributed by atoms with Crippen LogP contribution in [0.1, 0.15) is 33.1 Å². The summed E-state index contributed by atoms with van der Waals surface area (Å²) < 4.78 is 61.8. The summed E-state index contributed by atoms with van der Waals surface area (Å²) in [5.74, 6) is -3.87. The number of esters is 4. The summed E-state index contributed by atoms with van der Waals surface area (Å²) in [7, 11) is 0. The van der Waals surface area contributed by atoms with Crippen LogP contribution in [-0.4, -0.2) is 61.2 Å². The number of halogens is 1. The predicted molar refractivity (Wildman–Crippen MR) is 107 cm³/mol. The highest BCUT2D eigenvalue weighted by Crippen LogP contribution is 2.31. The first kappa shape index (κ1) is 19.1. The SMILES string of the molecule is [2H]CC(=O)OC[C@H]1OC(Oc2cccc(Br)c2)[C@@H](OC(=O)C[2H])[C@@H](OC(=O)C[2H])[C@@H]1OC(=O)C[2H]. The Bertz CT molecular complexity index is 904. The summed E-state index contributed by atoms with van der Waals surface area (Å²) in [6, 6.07) is 6.45. The number of benzene rings is 1. The van der Waals surface area contributed by atoms with Crippen LogP contribution in [0.25, 0.3) is 0 Å². The summed E-state index contributed by atoms with van der Waals surface area (Å²) in [4.78, 5) is 47.6. The van der Waals surface area contributed by atoms with E-state index >= 15 is 0 Å². The van der Waals surface area contributed by atoms with Gasteiger partial charge in [-0.1, -0.05) is 22.0 Å². The van der Waals surface area contributed by atoms with Gasteiger partial charge in [-0.05, 0) is 18.2 Å². The smallest absolute Gasteiger partial charge is 0.303 e. The Balaban J connectivity index is 2.50. The molecular formula is C20H23BrO10. The minimum Gasteiger partial charge on any atom is -0.463 e. The fourth-order valence-corrected chi connectivity index (χ4v) is 3.19. The first-order chi connectivity index (χ1) is 16.7. The second-order valence-corrected chi connectivity index (χ2v) is 7.08. The van der Waals surface area contributed by atoms with Gasteiger partial charge in [-0.2, -0.15) is 0 Å². The molecule has 0 spiro atoms. The van der Waals surface area contributed by atoms with Gasteiger partial charge in [0.15, 0.2) is 12.2 Å². The topological polar surface area (TPSA) is 124 Å². The number of carbonyl (C=O) groups is 4. The number of ether oxygens (including phenoxy) is 6. The van der Waals surface area contributed by atoms with E-state index in [4.69, 9.17) is 33.9 Å². The van der Waals surface area contributed by atoms with E-state index in [1.165, 1.54) is 0 Å². The highest BCUT2D eigenvalue weighted by molar-refractivity contribution is 9.10.